The van der Waals surface area contributed by atoms with Crippen LogP contribution in [0.25, 0.3) is 0 Å². The largest absolute Gasteiger partial charge is 0.368 e. The van der Waals surface area contributed by atoms with Gasteiger partial charge in [0.15, 0.2) is 0 Å². The maximum Gasteiger partial charge on any atom is 0.0562 e. The van der Waals surface area contributed by atoms with Gasteiger partial charge >= 0.3 is 0 Å². The molecule has 0 unspecified atom stereocenters. The molecule has 0 fully saturated rings. The summed E-state index contributed by atoms with van der Waals surface area (Å²) >= 11 is 0. The van der Waals surface area contributed by atoms with Gasteiger partial charge in [-0.15, -0.1) is 6.58 Å². The van der Waals surface area contributed by atoms with Crippen LogP contribution in [0.5, 0.6) is 0 Å². The molecule has 0 atom stereocenters. The minimum absolute atomic E-state index is 0.832. The first-order valence-corrected chi connectivity index (χ1v) is 6.33. The van der Waals surface area contributed by atoms with E-state index in [2.05, 4.69) is 47.8 Å². The SMILES string of the molecule is C=CCN(CCC)c1ccnc(CNCC)c1. The Hall–Kier alpha value is -1.35. The van der Waals surface area contributed by atoms with Gasteiger partial charge in [-0.25, -0.2) is 0 Å². The predicted molar refractivity (Wildman–Crippen MR) is 74.3 cm³/mol. The fourth-order valence-corrected chi connectivity index (χ4v) is 1.76. The standard InChI is InChI=1S/C14H23N3/c1-4-9-17(10-5-2)14-7-8-16-13(11-14)12-15-6-3/h4,7-8,11,15H,1,5-6,9-10,12H2,2-3H3. The van der Waals surface area contributed by atoms with Crippen molar-refractivity contribution in [3.05, 3.63) is 36.7 Å². The Balaban J connectivity index is 2.75. The van der Waals surface area contributed by atoms with Crippen molar-refractivity contribution in [2.24, 2.45) is 0 Å². The summed E-state index contributed by atoms with van der Waals surface area (Å²) in [6, 6.07) is 4.22. The summed E-state index contributed by atoms with van der Waals surface area (Å²) < 4.78 is 0. The predicted octanol–water partition coefficient (Wildman–Crippen LogP) is 2.59. The number of nitrogens with zero attached hydrogens (tertiary/aromatic N) is 2. The maximum absolute atomic E-state index is 4.36. The van der Waals surface area contributed by atoms with E-state index >= 15 is 0 Å². The molecular formula is C14H23N3. The number of hydrogen-bond donors (Lipinski definition) is 1. The second kappa shape index (κ2) is 7.85. The van der Waals surface area contributed by atoms with E-state index in [1.54, 1.807) is 0 Å². The van der Waals surface area contributed by atoms with E-state index in [1.807, 2.05) is 12.3 Å². The third kappa shape index (κ3) is 4.57. The highest BCUT2D eigenvalue weighted by Crippen LogP contribution is 2.14. The van der Waals surface area contributed by atoms with Gasteiger partial charge in [-0.1, -0.05) is 19.9 Å². The van der Waals surface area contributed by atoms with E-state index in [1.165, 1.54) is 5.69 Å². The Morgan fingerprint density at radius 1 is 1.47 bits per heavy atom. The van der Waals surface area contributed by atoms with E-state index in [4.69, 9.17) is 0 Å². The summed E-state index contributed by atoms with van der Waals surface area (Å²) in [6.45, 7) is 11.8. The van der Waals surface area contributed by atoms with Gasteiger partial charge in [-0.2, -0.15) is 0 Å². The summed E-state index contributed by atoms with van der Waals surface area (Å²) in [5, 5.41) is 3.29. The maximum atomic E-state index is 4.36. The highest BCUT2D eigenvalue weighted by Gasteiger charge is 2.04. The van der Waals surface area contributed by atoms with Crippen molar-refractivity contribution in [1.82, 2.24) is 10.3 Å². The van der Waals surface area contributed by atoms with Gasteiger partial charge in [0.1, 0.15) is 0 Å². The van der Waals surface area contributed by atoms with Crippen LogP contribution in [-0.2, 0) is 6.54 Å². The highest BCUT2D eigenvalue weighted by molar-refractivity contribution is 5.47. The van der Waals surface area contributed by atoms with Crippen LogP contribution in [0.2, 0.25) is 0 Å². The molecule has 3 heteroatoms. The van der Waals surface area contributed by atoms with Crippen LogP contribution in [0, 0.1) is 0 Å². The number of aromatic nitrogens is 1. The van der Waals surface area contributed by atoms with Gasteiger partial charge in [0.25, 0.3) is 0 Å². The molecule has 0 saturated heterocycles. The molecule has 0 spiro atoms. The van der Waals surface area contributed by atoms with E-state index in [-0.39, 0.29) is 0 Å². The second-order valence-electron chi connectivity index (χ2n) is 4.02. The summed E-state index contributed by atoms with van der Waals surface area (Å²) in [7, 11) is 0. The van der Waals surface area contributed by atoms with Gasteiger partial charge in [0.2, 0.25) is 0 Å². The van der Waals surface area contributed by atoms with Crippen LogP contribution >= 0.6 is 0 Å². The summed E-state index contributed by atoms with van der Waals surface area (Å²) in [4.78, 5) is 6.69. The van der Waals surface area contributed by atoms with Gasteiger partial charge in [-0.05, 0) is 25.1 Å². The van der Waals surface area contributed by atoms with Crippen molar-refractivity contribution in [3.8, 4) is 0 Å². The van der Waals surface area contributed by atoms with Gasteiger partial charge in [0.05, 0.1) is 5.69 Å². The van der Waals surface area contributed by atoms with Crippen LogP contribution in [0.3, 0.4) is 0 Å². The second-order valence-corrected chi connectivity index (χ2v) is 4.02. The lowest BCUT2D eigenvalue weighted by Gasteiger charge is -2.23. The van der Waals surface area contributed by atoms with Crippen molar-refractivity contribution in [2.75, 3.05) is 24.5 Å². The molecule has 0 saturated carbocycles. The number of pyridine rings is 1. The number of rotatable bonds is 8. The molecule has 1 aromatic heterocycles. The molecule has 0 radical (unpaired) electrons. The molecule has 94 valence electrons. The zero-order valence-corrected chi connectivity index (χ0v) is 10.9. The lowest BCUT2D eigenvalue weighted by Crippen LogP contribution is -2.24. The van der Waals surface area contributed by atoms with E-state index in [0.29, 0.717) is 0 Å². The molecule has 17 heavy (non-hydrogen) atoms. The van der Waals surface area contributed by atoms with E-state index < -0.39 is 0 Å². The molecule has 1 aromatic rings. The smallest absolute Gasteiger partial charge is 0.0562 e. The molecule has 0 amide bonds. The molecule has 3 nitrogen and oxygen atoms in total. The first kappa shape index (κ1) is 13.7. The Morgan fingerprint density at radius 3 is 2.94 bits per heavy atom. The topological polar surface area (TPSA) is 28.2 Å². The third-order valence-corrected chi connectivity index (χ3v) is 2.56. The van der Waals surface area contributed by atoms with Crippen LogP contribution < -0.4 is 10.2 Å². The van der Waals surface area contributed by atoms with Crippen molar-refractivity contribution in [1.29, 1.82) is 0 Å². The average molecular weight is 233 g/mol. The minimum atomic E-state index is 0.832. The van der Waals surface area contributed by atoms with Crippen molar-refractivity contribution < 1.29 is 0 Å². The zero-order chi connectivity index (χ0) is 12.5. The Morgan fingerprint density at radius 2 is 2.29 bits per heavy atom. The van der Waals surface area contributed by atoms with Crippen LogP contribution in [0.1, 0.15) is 26.0 Å². The van der Waals surface area contributed by atoms with Gasteiger partial charge in [0, 0.05) is 31.5 Å². The highest BCUT2D eigenvalue weighted by atomic mass is 15.1. The molecule has 1 N–H and O–H groups in total. The monoisotopic (exact) mass is 233 g/mol. The average Bonchev–Trinajstić information content (AvgIpc) is 2.36. The molecule has 0 aromatic carbocycles. The molecular weight excluding hydrogens is 210 g/mol. The lowest BCUT2D eigenvalue weighted by molar-refractivity contribution is 0.709. The Kier molecular flexibility index (Phi) is 6.33. The first-order valence-electron chi connectivity index (χ1n) is 6.33. The minimum Gasteiger partial charge on any atom is -0.368 e. The van der Waals surface area contributed by atoms with Crippen molar-refractivity contribution >= 4 is 5.69 Å². The molecule has 1 rings (SSSR count). The number of nitrogens with one attached hydrogen (secondary N) is 1. The zero-order valence-electron chi connectivity index (χ0n) is 10.9. The summed E-state index contributed by atoms with van der Waals surface area (Å²) in [5.74, 6) is 0. The van der Waals surface area contributed by atoms with Crippen LogP contribution in [0.4, 0.5) is 5.69 Å². The van der Waals surface area contributed by atoms with Gasteiger partial charge in [-0.3, -0.25) is 4.98 Å². The van der Waals surface area contributed by atoms with Crippen molar-refractivity contribution in [3.63, 3.8) is 0 Å². The fourth-order valence-electron chi connectivity index (χ4n) is 1.76. The molecule has 0 aliphatic heterocycles. The van der Waals surface area contributed by atoms with Crippen molar-refractivity contribution in [2.45, 2.75) is 26.8 Å². The van der Waals surface area contributed by atoms with E-state index in [9.17, 15) is 0 Å². The van der Waals surface area contributed by atoms with Crippen LogP contribution in [-0.4, -0.2) is 24.6 Å². The van der Waals surface area contributed by atoms with Gasteiger partial charge < -0.3 is 10.2 Å². The molecule has 0 bridgehead atoms. The number of anilines is 1. The fraction of sp³-hybridized carbons (Fsp3) is 0.500. The Labute approximate surface area is 105 Å². The van der Waals surface area contributed by atoms with Crippen LogP contribution in [0.15, 0.2) is 31.0 Å². The molecule has 0 aliphatic carbocycles. The lowest BCUT2D eigenvalue weighted by atomic mass is 10.2. The third-order valence-electron chi connectivity index (χ3n) is 2.56. The number of hydrogen-bond acceptors (Lipinski definition) is 3. The Bertz CT molecular complexity index is 336. The summed E-state index contributed by atoms with van der Waals surface area (Å²) in [6.07, 6.45) is 4.96. The first-order chi connectivity index (χ1) is 8.31. The quantitative estimate of drug-likeness (QED) is 0.700. The molecule has 0 aliphatic rings. The normalized spacial score (nSPS) is 10.2. The molecule has 1 heterocycles. The summed E-state index contributed by atoms with van der Waals surface area (Å²) in [5.41, 5.74) is 2.32. The van der Waals surface area contributed by atoms with E-state index in [0.717, 1.165) is 38.3 Å².